The number of halogens is 4. The summed E-state index contributed by atoms with van der Waals surface area (Å²) in [6.07, 6.45) is 5.26. The summed E-state index contributed by atoms with van der Waals surface area (Å²) in [6, 6.07) is 61.8. The molecular formula is C74H86Cl4N4Ru2-4. The second-order valence-electron chi connectivity index (χ2n) is 22.4. The molecule has 0 radical (unpaired) electrons. The molecule has 2 saturated heterocycles. The predicted octanol–water partition coefficient (Wildman–Crippen LogP) is 21.2. The van der Waals surface area contributed by atoms with Crippen LogP contribution in [0.3, 0.4) is 0 Å². The van der Waals surface area contributed by atoms with Gasteiger partial charge in [-0.1, -0.05) is 144 Å². The third-order valence-corrected chi connectivity index (χ3v) is 19.4. The van der Waals surface area contributed by atoms with Gasteiger partial charge in [-0.05, 0) is 152 Å². The standard InChI is InChI=1S/C33H35N2.C25H33N2.2C7H6.2CH3.4ClH.2Ru/c1-22-17-24(3)30(25(4)18-22)34-21-35(31-26(5)19-23(2)20-27(31)6)33(29-15-11-8-12-16-29)32(34)28-13-9-7-10-14-28;1-16-11-18(3)24(19(4)12-16)26-15-27(23-10-8-7-9-22(23)26)25-20(5)13-17(2)14-21(25)6;2*1-7-5-3-2-4-6-7;;;;;;;;/h7-21,32-33H,1-6H3;11-15,22-23H,7-10H2,1-6H3;2*1-6H;2*1H3;4*1H;;/q2*-1;;;2*-1;;;;;2*+2/p-4. The summed E-state index contributed by atoms with van der Waals surface area (Å²) in [5, 5.41) is 0. The fourth-order valence-corrected chi connectivity index (χ4v) is 16.6. The van der Waals surface area contributed by atoms with Gasteiger partial charge in [0.05, 0.1) is 12.1 Å². The second-order valence-corrected chi connectivity index (χ2v) is 33.9. The summed E-state index contributed by atoms with van der Waals surface area (Å²) >= 11 is -3.23. The molecule has 4 nitrogen and oxygen atoms in total. The molecule has 0 spiro atoms. The fourth-order valence-electron chi connectivity index (χ4n) is 13.0. The maximum atomic E-state index is 5.67. The van der Waals surface area contributed by atoms with E-state index in [9.17, 15) is 0 Å². The van der Waals surface area contributed by atoms with Gasteiger partial charge < -0.3 is 34.5 Å². The van der Waals surface area contributed by atoms with Crippen LogP contribution in [0.4, 0.5) is 22.7 Å². The summed E-state index contributed by atoms with van der Waals surface area (Å²) in [4.78, 5) is 10.3. The predicted molar refractivity (Wildman–Crippen MR) is 365 cm³/mol. The number of anilines is 4. The van der Waals surface area contributed by atoms with Crippen LogP contribution in [-0.4, -0.2) is 21.3 Å². The Morgan fingerprint density at radius 1 is 0.345 bits per heavy atom. The molecule has 1 aliphatic carbocycles. The van der Waals surface area contributed by atoms with E-state index < -0.39 is 27.0 Å². The van der Waals surface area contributed by atoms with Crippen molar-refractivity contribution >= 4 is 70.7 Å². The van der Waals surface area contributed by atoms with Gasteiger partial charge in [0.25, 0.3) is 0 Å². The van der Waals surface area contributed by atoms with E-state index in [1.54, 1.807) is 0 Å². The average Bonchev–Trinajstić information content (AvgIpc) is 3.83. The Bertz CT molecular complexity index is 3170. The normalized spacial score (nSPS) is 17.1. The molecule has 1 saturated carbocycles. The van der Waals surface area contributed by atoms with Crippen LogP contribution in [0.5, 0.6) is 0 Å². The van der Waals surface area contributed by atoms with Crippen LogP contribution < -0.4 is 19.6 Å². The van der Waals surface area contributed by atoms with E-state index in [4.69, 9.17) is 38.8 Å². The van der Waals surface area contributed by atoms with Crippen molar-refractivity contribution in [1.29, 1.82) is 0 Å². The molecule has 10 heteroatoms. The zero-order valence-corrected chi connectivity index (χ0v) is 58.1. The first-order valence-corrected chi connectivity index (χ1v) is 39.3. The average molecular weight is 1380 g/mol. The molecule has 450 valence electrons. The minimum absolute atomic E-state index is 0. The van der Waals surface area contributed by atoms with Crippen molar-refractivity contribution in [3.63, 3.8) is 0 Å². The zero-order chi connectivity index (χ0) is 58.8. The van der Waals surface area contributed by atoms with E-state index in [1.165, 1.54) is 126 Å². The SMILES string of the molecule is Cc1cc(C)c(N2[CH-]N(c3c(C)cc(C)cc3C)C(c3ccccc3)C2c2ccccc2)c(C)c1.Cc1cc(C)c(N2[CH-]N(c3c(C)cc(C)cc3C)C3CCCCC32)c(C)c1.[CH3-].[CH3-].[Cl][Ru]([Cl])=[CH]c1ccccc1.[Cl][Ru]([Cl])=[CH]c1ccccc1. The number of hydrogen-bond acceptors (Lipinski definition) is 4. The molecule has 11 rings (SSSR count). The summed E-state index contributed by atoms with van der Waals surface area (Å²) in [6.45, 7) is 31.6. The van der Waals surface area contributed by atoms with Gasteiger partial charge in [0.15, 0.2) is 0 Å². The number of nitrogens with zero attached hydrogens (tertiary/aromatic N) is 4. The topological polar surface area (TPSA) is 13.0 Å². The van der Waals surface area contributed by atoms with E-state index in [0.29, 0.717) is 12.1 Å². The molecule has 3 aliphatic rings. The molecule has 0 amide bonds. The molecule has 0 N–H and O–H groups in total. The van der Waals surface area contributed by atoms with Crippen molar-refractivity contribution in [2.45, 2.75) is 133 Å². The van der Waals surface area contributed by atoms with Crippen LogP contribution in [-0.2, 0) is 27.0 Å². The Morgan fingerprint density at radius 3 is 0.821 bits per heavy atom. The summed E-state index contributed by atoms with van der Waals surface area (Å²) in [7, 11) is 22.7. The van der Waals surface area contributed by atoms with Crippen molar-refractivity contribution in [2.24, 2.45) is 0 Å². The molecule has 0 aromatic heterocycles. The first-order valence-electron chi connectivity index (χ1n) is 28.3. The van der Waals surface area contributed by atoms with E-state index in [1.807, 2.05) is 69.9 Å². The van der Waals surface area contributed by atoms with Crippen LogP contribution in [0.25, 0.3) is 0 Å². The molecule has 84 heavy (non-hydrogen) atoms. The Morgan fingerprint density at radius 2 is 0.571 bits per heavy atom. The van der Waals surface area contributed by atoms with Gasteiger partial charge in [0.2, 0.25) is 0 Å². The molecule has 2 heterocycles. The maximum absolute atomic E-state index is 5.67. The molecular weight excluding hydrogens is 1290 g/mol. The quantitative estimate of drug-likeness (QED) is 0.111. The third-order valence-electron chi connectivity index (χ3n) is 15.7. The van der Waals surface area contributed by atoms with Crippen LogP contribution >= 0.6 is 38.8 Å². The van der Waals surface area contributed by atoms with Gasteiger partial charge in [0.1, 0.15) is 0 Å². The summed E-state index contributed by atoms with van der Waals surface area (Å²) in [5.41, 5.74) is 26.5. The number of rotatable bonds is 8. The molecule has 3 fully saturated rings. The van der Waals surface area contributed by atoms with Crippen LogP contribution in [0.2, 0.25) is 0 Å². The summed E-state index contributed by atoms with van der Waals surface area (Å²) in [5.74, 6) is 0. The van der Waals surface area contributed by atoms with Crippen LogP contribution in [0.1, 0.15) is 127 Å². The minimum atomic E-state index is -1.61. The number of benzene rings is 8. The number of fused-ring (bicyclic) bond motifs is 1. The Balaban J connectivity index is 0.000000202. The van der Waals surface area contributed by atoms with E-state index in [0.717, 1.165) is 11.1 Å². The van der Waals surface area contributed by atoms with E-state index in [-0.39, 0.29) is 26.9 Å². The second kappa shape index (κ2) is 31.7. The Kier molecular flexibility index (Phi) is 25.7. The molecule has 8 aromatic carbocycles. The molecule has 4 unspecified atom stereocenters. The third kappa shape index (κ3) is 17.0. The fraction of sp³-hybridized carbons (Fsp3) is 0.270. The van der Waals surface area contributed by atoms with Gasteiger partial charge in [-0.15, -0.1) is 0 Å². The molecule has 2 aliphatic heterocycles. The first-order chi connectivity index (χ1) is 39.3. The van der Waals surface area contributed by atoms with Gasteiger partial charge in [-0.2, -0.15) is 13.3 Å². The van der Waals surface area contributed by atoms with Crippen molar-refractivity contribution in [3.05, 3.63) is 287 Å². The zero-order valence-electron chi connectivity index (χ0n) is 51.6. The number of aryl methyl sites for hydroxylation is 12. The van der Waals surface area contributed by atoms with Crippen LogP contribution in [0, 0.1) is 111 Å². The number of hydrogen-bond donors (Lipinski definition) is 0. The van der Waals surface area contributed by atoms with Crippen LogP contribution in [0.15, 0.2) is 170 Å². The Hall–Kier alpha value is -4.89. The van der Waals surface area contributed by atoms with Gasteiger partial charge in [-0.25, -0.2) is 0 Å². The monoisotopic (exact) mass is 1370 g/mol. The molecule has 4 atom stereocenters. The van der Waals surface area contributed by atoms with Gasteiger partial charge >= 0.3 is 147 Å². The summed E-state index contributed by atoms with van der Waals surface area (Å²) < 4.78 is 3.85. The van der Waals surface area contributed by atoms with Gasteiger partial charge in [-0.3, -0.25) is 0 Å². The van der Waals surface area contributed by atoms with Crippen molar-refractivity contribution in [2.75, 3.05) is 19.6 Å². The van der Waals surface area contributed by atoms with Crippen molar-refractivity contribution < 1.29 is 27.0 Å². The van der Waals surface area contributed by atoms with Crippen molar-refractivity contribution in [3.8, 4) is 0 Å². The molecule has 0 bridgehead atoms. The van der Waals surface area contributed by atoms with Crippen molar-refractivity contribution in [1.82, 2.24) is 0 Å². The van der Waals surface area contributed by atoms with E-state index in [2.05, 4.69) is 225 Å². The van der Waals surface area contributed by atoms with E-state index >= 15 is 0 Å². The first kappa shape index (κ1) is 68.2. The van der Waals surface area contributed by atoms with Gasteiger partial charge in [0, 0.05) is 34.8 Å². The molecule has 8 aromatic rings. The Labute approximate surface area is 532 Å².